The Balaban J connectivity index is 2.15. The number of hydrogen-bond donors (Lipinski definition) is 1. The summed E-state index contributed by atoms with van der Waals surface area (Å²) < 4.78 is 5.27. The Bertz CT molecular complexity index is 348. The molecule has 0 radical (unpaired) electrons. The topological polar surface area (TPSA) is 39.2 Å². The predicted octanol–water partition coefficient (Wildman–Crippen LogP) is 2.67. The van der Waals surface area contributed by atoms with Crippen molar-refractivity contribution in [2.45, 2.75) is 26.8 Å². The van der Waals surface area contributed by atoms with E-state index in [4.69, 9.17) is 10.2 Å². The minimum Gasteiger partial charge on any atom is -0.465 e. The Morgan fingerprint density at radius 1 is 1.57 bits per heavy atom. The summed E-state index contributed by atoms with van der Waals surface area (Å²) in [5.41, 5.74) is 7.58. The highest BCUT2D eigenvalue weighted by Crippen LogP contribution is 2.54. The lowest BCUT2D eigenvalue weighted by Gasteiger charge is -2.01. The molecule has 1 aliphatic carbocycles. The highest BCUT2D eigenvalue weighted by Gasteiger charge is 2.55. The van der Waals surface area contributed by atoms with Crippen LogP contribution >= 0.6 is 0 Å². The fourth-order valence-corrected chi connectivity index (χ4v) is 2.24. The van der Waals surface area contributed by atoms with Crippen molar-refractivity contribution in [2.75, 3.05) is 0 Å². The van der Waals surface area contributed by atoms with Gasteiger partial charge in [0.1, 0.15) is 5.76 Å². The quantitative estimate of drug-likeness (QED) is 0.780. The van der Waals surface area contributed by atoms with E-state index in [0.29, 0.717) is 12.0 Å². The van der Waals surface area contributed by atoms with Crippen molar-refractivity contribution in [3.8, 4) is 0 Å². The lowest BCUT2D eigenvalue weighted by atomic mass is 10.0. The molecular weight excluding hydrogens is 174 g/mol. The van der Waals surface area contributed by atoms with E-state index in [-0.39, 0.29) is 5.41 Å². The summed E-state index contributed by atoms with van der Waals surface area (Å²) >= 11 is 0. The van der Waals surface area contributed by atoms with Gasteiger partial charge in [-0.15, -0.1) is 0 Å². The van der Waals surface area contributed by atoms with Gasteiger partial charge in [0.05, 0.1) is 6.26 Å². The number of nitrogens with two attached hydrogens (primary N) is 1. The first-order valence-corrected chi connectivity index (χ1v) is 5.01. The van der Waals surface area contributed by atoms with Gasteiger partial charge in [0.15, 0.2) is 0 Å². The highest BCUT2D eigenvalue weighted by atomic mass is 16.3. The molecule has 0 saturated heterocycles. The van der Waals surface area contributed by atoms with Gasteiger partial charge in [0.25, 0.3) is 0 Å². The monoisotopic (exact) mass is 191 g/mol. The van der Waals surface area contributed by atoms with Gasteiger partial charge in [-0.3, -0.25) is 0 Å². The molecule has 0 spiro atoms. The molecule has 0 aromatic carbocycles. The van der Waals surface area contributed by atoms with Crippen molar-refractivity contribution in [3.63, 3.8) is 0 Å². The molecular formula is C12H17NO. The maximum absolute atomic E-state index is 6.00. The van der Waals surface area contributed by atoms with E-state index in [2.05, 4.69) is 26.8 Å². The molecule has 1 aromatic heterocycles. The van der Waals surface area contributed by atoms with E-state index >= 15 is 0 Å². The van der Waals surface area contributed by atoms with Gasteiger partial charge >= 0.3 is 0 Å². The van der Waals surface area contributed by atoms with Crippen molar-refractivity contribution in [1.29, 1.82) is 0 Å². The van der Waals surface area contributed by atoms with Gasteiger partial charge in [-0.2, -0.15) is 0 Å². The van der Waals surface area contributed by atoms with Gasteiger partial charge in [-0.05, 0) is 30.5 Å². The fraction of sp³-hybridized carbons (Fsp3) is 0.500. The van der Waals surface area contributed by atoms with Gasteiger partial charge in [-0.25, -0.2) is 0 Å². The van der Waals surface area contributed by atoms with Crippen LogP contribution in [0.15, 0.2) is 28.4 Å². The summed E-state index contributed by atoms with van der Waals surface area (Å²) in [6.07, 6.45) is 3.77. The van der Waals surface area contributed by atoms with Gasteiger partial charge in [-0.1, -0.05) is 19.4 Å². The highest BCUT2D eigenvalue weighted by molar-refractivity contribution is 5.50. The Labute approximate surface area is 84.8 Å². The molecule has 2 nitrogen and oxygen atoms in total. The maximum Gasteiger partial charge on any atom is 0.126 e. The first-order chi connectivity index (χ1) is 6.53. The summed E-state index contributed by atoms with van der Waals surface area (Å²) in [7, 11) is 0. The van der Waals surface area contributed by atoms with Crippen LogP contribution in [-0.2, 0) is 0 Å². The molecule has 0 amide bonds. The molecule has 1 fully saturated rings. The van der Waals surface area contributed by atoms with E-state index in [0.717, 1.165) is 5.76 Å². The summed E-state index contributed by atoms with van der Waals surface area (Å²) in [5, 5.41) is 0. The van der Waals surface area contributed by atoms with Crippen LogP contribution in [0, 0.1) is 11.3 Å². The van der Waals surface area contributed by atoms with Crippen LogP contribution < -0.4 is 5.73 Å². The zero-order chi connectivity index (χ0) is 10.3. The first kappa shape index (κ1) is 9.53. The van der Waals surface area contributed by atoms with E-state index in [1.54, 1.807) is 6.26 Å². The third kappa shape index (κ3) is 1.40. The Morgan fingerprint density at radius 2 is 2.21 bits per heavy atom. The van der Waals surface area contributed by atoms with Gasteiger partial charge < -0.3 is 10.2 Å². The molecule has 2 atom stereocenters. The average molecular weight is 191 g/mol. The molecule has 0 bridgehead atoms. The second-order valence-electron chi connectivity index (χ2n) is 4.73. The largest absolute Gasteiger partial charge is 0.465 e. The summed E-state index contributed by atoms with van der Waals surface area (Å²) in [4.78, 5) is 0. The number of furan rings is 1. The van der Waals surface area contributed by atoms with Crippen LogP contribution in [0.5, 0.6) is 0 Å². The van der Waals surface area contributed by atoms with Crippen LogP contribution in [-0.4, -0.2) is 6.04 Å². The Kier molecular flexibility index (Phi) is 2.04. The predicted molar refractivity (Wildman–Crippen MR) is 57.6 cm³/mol. The molecule has 1 aliphatic rings. The van der Waals surface area contributed by atoms with Crippen LogP contribution in [0.25, 0.3) is 6.08 Å². The Morgan fingerprint density at radius 3 is 2.64 bits per heavy atom. The molecule has 0 unspecified atom stereocenters. The zero-order valence-electron chi connectivity index (χ0n) is 8.95. The van der Waals surface area contributed by atoms with E-state index < -0.39 is 0 Å². The maximum atomic E-state index is 6.00. The molecule has 1 heterocycles. The fourth-order valence-electron chi connectivity index (χ4n) is 2.24. The van der Waals surface area contributed by atoms with E-state index in [1.807, 2.05) is 12.1 Å². The molecule has 2 rings (SSSR count). The van der Waals surface area contributed by atoms with E-state index in [1.165, 1.54) is 5.57 Å². The third-order valence-electron chi connectivity index (χ3n) is 3.31. The Hall–Kier alpha value is -1.02. The summed E-state index contributed by atoms with van der Waals surface area (Å²) in [5.74, 6) is 1.42. The second kappa shape index (κ2) is 2.99. The van der Waals surface area contributed by atoms with Gasteiger partial charge in [0, 0.05) is 12.0 Å². The smallest absolute Gasteiger partial charge is 0.126 e. The van der Waals surface area contributed by atoms with Gasteiger partial charge in [0.2, 0.25) is 0 Å². The van der Waals surface area contributed by atoms with Crippen LogP contribution in [0.2, 0.25) is 0 Å². The van der Waals surface area contributed by atoms with Crippen molar-refractivity contribution in [3.05, 3.63) is 29.7 Å². The molecule has 14 heavy (non-hydrogen) atoms. The van der Waals surface area contributed by atoms with Crippen molar-refractivity contribution in [2.24, 2.45) is 17.1 Å². The van der Waals surface area contributed by atoms with Crippen molar-refractivity contribution in [1.82, 2.24) is 0 Å². The SMILES string of the molecule is C/C(=C\c1ccco1)[C@H]1[C@H](N)C1(C)C. The molecule has 76 valence electrons. The molecule has 0 aliphatic heterocycles. The second-order valence-corrected chi connectivity index (χ2v) is 4.73. The summed E-state index contributed by atoms with van der Waals surface area (Å²) in [6, 6.07) is 4.16. The third-order valence-corrected chi connectivity index (χ3v) is 3.31. The van der Waals surface area contributed by atoms with E-state index in [9.17, 15) is 0 Å². The van der Waals surface area contributed by atoms with Crippen LogP contribution in [0.1, 0.15) is 26.5 Å². The molecule has 2 heteroatoms. The first-order valence-electron chi connectivity index (χ1n) is 5.01. The minimum atomic E-state index is 0.257. The van der Waals surface area contributed by atoms with Crippen molar-refractivity contribution >= 4 is 6.08 Å². The van der Waals surface area contributed by atoms with Crippen LogP contribution in [0.4, 0.5) is 0 Å². The minimum absolute atomic E-state index is 0.257. The molecule has 1 aromatic rings. The average Bonchev–Trinajstić information content (AvgIpc) is 2.55. The lowest BCUT2D eigenvalue weighted by Crippen LogP contribution is -2.06. The molecule has 2 N–H and O–H groups in total. The normalized spacial score (nSPS) is 30.4. The van der Waals surface area contributed by atoms with Crippen LogP contribution in [0.3, 0.4) is 0 Å². The zero-order valence-corrected chi connectivity index (χ0v) is 8.95. The van der Waals surface area contributed by atoms with Crippen molar-refractivity contribution < 1.29 is 4.42 Å². The molecule has 1 saturated carbocycles. The number of rotatable bonds is 2. The lowest BCUT2D eigenvalue weighted by molar-refractivity contribution is 0.554. The standard InChI is InChI=1S/C12H17NO/c1-8(7-9-5-4-6-14-9)10-11(13)12(10,2)3/h4-7,10-11H,13H2,1-3H3/b8-7+/t10-,11-/m0/s1. The summed E-state index contributed by atoms with van der Waals surface area (Å²) in [6.45, 7) is 6.55. The number of hydrogen-bond acceptors (Lipinski definition) is 2.